The van der Waals surface area contributed by atoms with Crippen molar-refractivity contribution in [3.8, 4) is 0 Å². The lowest BCUT2D eigenvalue weighted by Crippen LogP contribution is -2.45. The van der Waals surface area contributed by atoms with Crippen molar-refractivity contribution in [1.29, 1.82) is 0 Å². The van der Waals surface area contributed by atoms with Gasteiger partial charge in [0.05, 0.1) is 47.5 Å². The zero-order valence-electron chi connectivity index (χ0n) is 65.0. The normalized spacial score (nSPS) is 16.2. The molecule has 9 aromatic rings. The lowest BCUT2D eigenvalue weighted by Gasteiger charge is -2.37. The van der Waals surface area contributed by atoms with Crippen LogP contribution < -0.4 is 47.0 Å². The first kappa shape index (κ1) is 83.7. The quantitative estimate of drug-likeness (QED) is 0.0206. The Morgan fingerprint density at radius 2 is 0.955 bits per heavy atom. The number of carbonyl (C=O) groups is 7. The minimum atomic E-state index is -0.351. The highest BCUT2D eigenvalue weighted by Gasteiger charge is 2.31. The van der Waals surface area contributed by atoms with Crippen LogP contribution in [0, 0.1) is 0 Å². The van der Waals surface area contributed by atoms with E-state index in [9.17, 15) is 33.6 Å². The number of benzene rings is 4. The summed E-state index contributed by atoms with van der Waals surface area (Å²) in [4.78, 5) is 119. The minimum absolute atomic E-state index is 0.0102. The average Bonchev–Trinajstić information content (AvgIpc) is 1.36. The van der Waals surface area contributed by atoms with E-state index in [1.54, 1.807) is 138 Å². The van der Waals surface area contributed by atoms with Crippen molar-refractivity contribution >= 4 is 135 Å². The van der Waals surface area contributed by atoms with Crippen LogP contribution in [0.4, 0.5) is 48.1 Å². The van der Waals surface area contributed by atoms with E-state index in [1.807, 2.05) is 29.2 Å². The fourth-order valence-electron chi connectivity index (χ4n) is 12.5. The molecule has 3 fully saturated rings. The van der Waals surface area contributed by atoms with Gasteiger partial charge in [0.15, 0.2) is 15.4 Å². The second-order valence-electron chi connectivity index (χ2n) is 29.7. The van der Waals surface area contributed by atoms with Crippen molar-refractivity contribution < 1.29 is 42.4 Å². The molecule has 2 saturated heterocycles. The lowest BCUT2D eigenvalue weighted by molar-refractivity contribution is -0.112. The van der Waals surface area contributed by atoms with Crippen LogP contribution in [0.25, 0.3) is 0 Å². The first-order valence-corrected chi connectivity index (χ1v) is 40.5. The fourth-order valence-corrected chi connectivity index (χ4v) is 16.0. The van der Waals surface area contributed by atoms with Crippen LogP contribution >= 0.6 is 45.8 Å². The number of carbonyl (C=O) groups excluding carboxylic acids is 7. The van der Waals surface area contributed by atoms with Gasteiger partial charge < -0.3 is 65.2 Å². The summed E-state index contributed by atoms with van der Waals surface area (Å²) >= 11 is 6.15. The summed E-state index contributed by atoms with van der Waals surface area (Å²) in [6.45, 7) is 26.1. The molecular formula is C82H99N17O9S4. The minimum Gasteiger partial charge on any atom is -0.444 e. The summed E-state index contributed by atoms with van der Waals surface area (Å²) in [6, 6.07) is 28.5. The van der Waals surface area contributed by atoms with Gasteiger partial charge in [0, 0.05) is 120 Å². The van der Waals surface area contributed by atoms with Gasteiger partial charge in [0.1, 0.15) is 21.5 Å². The molecule has 30 heteroatoms. The molecule has 3 aliphatic rings. The lowest BCUT2D eigenvalue weighted by atomic mass is 9.90. The van der Waals surface area contributed by atoms with E-state index in [0.29, 0.717) is 106 Å². The van der Waals surface area contributed by atoms with E-state index < -0.39 is 0 Å². The van der Waals surface area contributed by atoms with Crippen LogP contribution in [0.15, 0.2) is 179 Å². The zero-order chi connectivity index (χ0) is 80.2. The number of thioether (sulfide) groups is 1. The van der Waals surface area contributed by atoms with E-state index in [2.05, 4.69) is 159 Å². The largest absolute Gasteiger partial charge is 0.444 e. The Hall–Kier alpha value is -10.8. The van der Waals surface area contributed by atoms with Crippen molar-refractivity contribution in [2.45, 2.75) is 144 Å². The van der Waals surface area contributed by atoms with Gasteiger partial charge in [-0.25, -0.2) is 24.9 Å². The molecule has 1 saturated carbocycles. The maximum Gasteiger partial charge on any atom is 0.257 e. The molecule has 0 bridgehead atoms. The van der Waals surface area contributed by atoms with E-state index in [-0.39, 0.29) is 64.3 Å². The highest BCUT2D eigenvalue weighted by atomic mass is 32.2. The first-order valence-electron chi connectivity index (χ1n) is 37.0. The number of hydrogen-bond acceptors (Lipinski definition) is 23. The van der Waals surface area contributed by atoms with Gasteiger partial charge in [-0.3, -0.25) is 38.9 Å². The molecule has 0 spiro atoms. The van der Waals surface area contributed by atoms with Crippen molar-refractivity contribution in [1.82, 2.24) is 39.6 Å². The second kappa shape index (κ2) is 38.9. The first-order chi connectivity index (χ1) is 53.6. The molecule has 7 amide bonds. The molecule has 2 atom stereocenters. The van der Waals surface area contributed by atoms with Crippen molar-refractivity contribution in [2.24, 2.45) is 0 Å². The number of likely N-dealkylation sites (tertiary alicyclic amines) is 2. The Labute approximate surface area is 670 Å². The third-order valence-corrected chi connectivity index (χ3v) is 23.0. The van der Waals surface area contributed by atoms with Gasteiger partial charge in [-0.1, -0.05) is 101 Å². The highest BCUT2D eigenvalue weighted by molar-refractivity contribution is 8.00. The van der Waals surface area contributed by atoms with Crippen LogP contribution in [-0.2, 0) is 37.5 Å². The van der Waals surface area contributed by atoms with E-state index in [1.165, 1.54) is 72.0 Å². The molecule has 0 radical (unpaired) electrons. The summed E-state index contributed by atoms with van der Waals surface area (Å²) in [5, 5.41) is 25.1. The monoisotopic (exact) mass is 1590 g/mol. The van der Waals surface area contributed by atoms with E-state index in [0.717, 1.165) is 63.2 Å². The van der Waals surface area contributed by atoms with Gasteiger partial charge in [-0.2, -0.15) is 0 Å². The summed E-state index contributed by atoms with van der Waals surface area (Å²) in [5.41, 5.74) is 4.08. The molecule has 112 heavy (non-hydrogen) atoms. The predicted octanol–water partition coefficient (Wildman–Crippen LogP) is 15.5. The molecular weight excluding hydrogens is 1500 g/mol. The molecule has 4 aromatic carbocycles. The van der Waals surface area contributed by atoms with Crippen LogP contribution in [0.3, 0.4) is 0 Å². The Bertz CT molecular complexity index is 4720. The van der Waals surface area contributed by atoms with Gasteiger partial charge in [0.2, 0.25) is 29.5 Å². The maximum absolute atomic E-state index is 13.1. The average molecular weight is 1600 g/mol. The molecule has 12 rings (SSSR count). The summed E-state index contributed by atoms with van der Waals surface area (Å²) in [5.74, 6) is 1.97. The third-order valence-electron chi connectivity index (χ3n) is 18.9. The van der Waals surface area contributed by atoms with Crippen molar-refractivity contribution in [2.75, 3.05) is 101 Å². The summed E-state index contributed by atoms with van der Waals surface area (Å²) in [6.07, 6.45) is 21.4. The molecule has 5 aromatic heterocycles. The molecule has 26 nitrogen and oxygen atoms in total. The van der Waals surface area contributed by atoms with E-state index >= 15 is 0 Å². The van der Waals surface area contributed by atoms with Crippen molar-refractivity contribution in [3.63, 3.8) is 0 Å². The number of aromatic nitrogens is 5. The van der Waals surface area contributed by atoms with E-state index in [4.69, 9.17) is 8.83 Å². The number of nitrogens with one attached hydrogen (secondary N) is 7. The number of oxazole rings is 2. The standard InChI is InChI=1S/C28H27N5O4S2.C27H34N6O3S.C27H38N6O2S/c1-5-22(34)31-19-11-9-17(10-12-19)25(35)32-20-8-6-7-18(13-20)26(36)33-27-30-15-24(39-27)38-16-23-29-14-21(37-23)28(2,3)4;1-6-22(34)30-19-11-9-18(10-12-19)25(35)33-13-7-8-20(16-33)31-26-29-15-24(37-26)32(5)17-23-28-14-21(36-23)27(2,3)4;1-5-24(34)29-20-10-8-19(9-11-20)26(35)33-16-6-7-21(18-33)30-27-28-17-25(36-27)32(4)23-14-12-22(13-15-23)31(2)3/h5-15H,1,16H2,2-4H3,(H,31,34)(H,32,35)(H,30,33,36);6,9-12,14-15,20H,1,7-8,13,16-17H2,2-5H3,(H,29,31)(H,30,34);5,8-11,17,21-23H,1,6-7,12-16,18H2,2-4H3,(H,28,30)(H,29,34)/t;20-;21-,22?,23?/m.11/s1. The molecule has 2 aliphatic heterocycles. The van der Waals surface area contributed by atoms with Crippen molar-refractivity contribution in [3.05, 3.63) is 212 Å². The SMILES string of the molecule is C=CC(=O)Nc1ccc(C(=O)N2CCC[C@@H](Nc3ncc(N(C)C4CCC(N(C)C)CC4)s3)C2)cc1.C=CC(=O)Nc1ccc(C(=O)N2CCC[C@@H](Nc3ncc(N(C)Cc4ncc(C(C)(C)C)o4)s3)C2)cc1.C=CC(=O)Nc1ccc(C(=O)Nc2cccc(C(=O)Nc3ncc(SCc4ncc(C(C)(C)C)o4)s3)c2)cc1. The summed E-state index contributed by atoms with van der Waals surface area (Å²) < 4.78 is 12.7. The third kappa shape index (κ3) is 24.1. The molecule has 590 valence electrons. The molecule has 7 heterocycles. The summed E-state index contributed by atoms with van der Waals surface area (Å²) in [7, 11) is 8.54. The van der Waals surface area contributed by atoms with Gasteiger partial charge in [-0.05, 0) is 175 Å². The topological polar surface area (TPSA) is 311 Å². The van der Waals surface area contributed by atoms with Crippen LogP contribution in [-0.4, -0.2) is 160 Å². The zero-order valence-corrected chi connectivity index (χ0v) is 68.2. The van der Waals surface area contributed by atoms with Crippen LogP contribution in [0.1, 0.15) is 158 Å². The number of nitrogens with zero attached hydrogens (tertiary/aromatic N) is 10. The van der Waals surface area contributed by atoms with Gasteiger partial charge in [0.25, 0.3) is 23.6 Å². The number of rotatable bonds is 25. The number of thiazole rings is 3. The number of anilines is 9. The van der Waals surface area contributed by atoms with Gasteiger partial charge >= 0.3 is 0 Å². The van der Waals surface area contributed by atoms with Crippen LogP contribution in [0.5, 0.6) is 0 Å². The number of amides is 7. The maximum atomic E-state index is 13.1. The predicted molar refractivity (Wildman–Crippen MR) is 450 cm³/mol. The molecule has 7 N–H and O–H groups in total. The smallest absolute Gasteiger partial charge is 0.257 e. The Morgan fingerprint density at radius 1 is 0.500 bits per heavy atom. The fraction of sp³-hybridized carbons (Fsp3) is 0.366. The highest BCUT2D eigenvalue weighted by Crippen LogP contribution is 2.36. The molecule has 1 aliphatic carbocycles. The Kier molecular flexibility index (Phi) is 29.1. The number of piperidine rings is 2. The molecule has 0 unspecified atom stereocenters. The van der Waals surface area contributed by atoms with Gasteiger partial charge in [-0.15, -0.1) is 11.8 Å². The Balaban J connectivity index is 0.000000178. The number of hydrogen-bond donors (Lipinski definition) is 7. The Morgan fingerprint density at radius 3 is 1.45 bits per heavy atom. The van der Waals surface area contributed by atoms with Crippen LogP contribution in [0.2, 0.25) is 0 Å². The second-order valence-corrected chi connectivity index (χ2v) is 34.0.